The van der Waals surface area contributed by atoms with Crippen LogP contribution in [0.4, 0.5) is 8.78 Å². The quantitative estimate of drug-likeness (QED) is 0.800. The number of halogens is 2. The number of benzene rings is 2. The average Bonchev–Trinajstić information content (AvgIpc) is 2.39. The molecule has 0 aliphatic heterocycles. The maximum Gasteiger partial charge on any atom is 0.309 e. The van der Waals surface area contributed by atoms with E-state index in [1.165, 1.54) is 19.2 Å². The summed E-state index contributed by atoms with van der Waals surface area (Å²) in [5.41, 5.74) is 1.65. The number of hydrogen-bond acceptors (Lipinski definition) is 2. The lowest BCUT2D eigenvalue weighted by atomic mass is 10.0. The molecule has 2 aromatic rings. The topological polar surface area (TPSA) is 26.3 Å². The number of carbonyl (C=O) groups is 1. The Morgan fingerprint density at radius 3 is 2.15 bits per heavy atom. The third-order valence-electron chi connectivity index (χ3n) is 3.01. The fourth-order valence-corrected chi connectivity index (χ4v) is 2.00. The Hall–Kier alpha value is -2.23. The van der Waals surface area contributed by atoms with Crippen molar-refractivity contribution >= 4 is 5.97 Å². The highest BCUT2D eigenvalue weighted by Crippen LogP contribution is 2.27. The van der Waals surface area contributed by atoms with Gasteiger partial charge >= 0.3 is 5.97 Å². The lowest BCUT2D eigenvalue weighted by Crippen LogP contribution is -2.04. The largest absolute Gasteiger partial charge is 0.469 e. The minimum Gasteiger partial charge on any atom is -0.469 e. The standard InChI is InChI=1S/C16H14F2O2/c1-10-7-13(17)16(14(18)8-10)12-5-3-11(4-6-12)9-15(19)20-2/h3-8H,9H2,1-2H3. The molecule has 0 unspecified atom stereocenters. The number of methoxy groups -OCH3 is 1. The number of carbonyl (C=O) groups excluding carboxylic acids is 1. The van der Waals surface area contributed by atoms with Gasteiger partial charge in [0.05, 0.1) is 19.1 Å². The molecule has 0 bridgehead atoms. The average molecular weight is 276 g/mol. The van der Waals surface area contributed by atoms with Crippen LogP contribution in [0.3, 0.4) is 0 Å². The summed E-state index contributed by atoms with van der Waals surface area (Å²) in [4.78, 5) is 11.1. The predicted octanol–water partition coefficient (Wildman–Crippen LogP) is 3.66. The van der Waals surface area contributed by atoms with E-state index in [-0.39, 0.29) is 18.0 Å². The highest BCUT2D eigenvalue weighted by Gasteiger charge is 2.12. The van der Waals surface area contributed by atoms with Gasteiger partial charge in [0.1, 0.15) is 11.6 Å². The third kappa shape index (κ3) is 3.02. The van der Waals surface area contributed by atoms with Gasteiger partial charge in [0.15, 0.2) is 0 Å². The molecule has 2 rings (SSSR count). The second kappa shape index (κ2) is 5.82. The molecular formula is C16H14F2O2. The van der Waals surface area contributed by atoms with Gasteiger partial charge in [-0.15, -0.1) is 0 Å². The van der Waals surface area contributed by atoms with Crippen LogP contribution in [0.5, 0.6) is 0 Å². The Morgan fingerprint density at radius 1 is 1.10 bits per heavy atom. The van der Waals surface area contributed by atoms with Crippen molar-refractivity contribution in [3.05, 3.63) is 59.2 Å². The van der Waals surface area contributed by atoms with Crippen molar-refractivity contribution in [3.8, 4) is 11.1 Å². The first-order chi connectivity index (χ1) is 9.51. The molecule has 104 valence electrons. The van der Waals surface area contributed by atoms with E-state index < -0.39 is 11.6 Å². The number of rotatable bonds is 3. The zero-order valence-corrected chi connectivity index (χ0v) is 11.2. The van der Waals surface area contributed by atoms with Gasteiger partial charge in [0.25, 0.3) is 0 Å². The Bertz CT molecular complexity index is 610. The fraction of sp³-hybridized carbons (Fsp3) is 0.188. The molecule has 0 atom stereocenters. The Labute approximate surface area is 116 Å². The summed E-state index contributed by atoms with van der Waals surface area (Å²) in [6, 6.07) is 9.09. The minimum atomic E-state index is -0.594. The van der Waals surface area contributed by atoms with Gasteiger partial charge in [-0.3, -0.25) is 4.79 Å². The van der Waals surface area contributed by atoms with Crippen LogP contribution in [0.15, 0.2) is 36.4 Å². The van der Waals surface area contributed by atoms with Gasteiger partial charge < -0.3 is 4.74 Å². The van der Waals surface area contributed by atoms with E-state index in [0.29, 0.717) is 11.1 Å². The van der Waals surface area contributed by atoms with Gasteiger partial charge in [0.2, 0.25) is 0 Å². The number of esters is 1. The van der Waals surface area contributed by atoms with E-state index in [4.69, 9.17) is 0 Å². The lowest BCUT2D eigenvalue weighted by Gasteiger charge is -2.07. The summed E-state index contributed by atoms with van der Waals surface area (Å²) in [7, 11) is 1.31. The molecule has 2 nitrogen and oxygen atoms in total. The van der Waals surface area contributed by atoms with E-state index in [2.05, 4.69) is 4.74 Å². The maximum absolute atomic E-state index is 13.8. The van der Waals surface area contributed by atoms with E-state index in [9.17, 15) is 13.6 Å². The molecule has 0 radical (unpaired) electrons. The second-order valence-electron chi connectivity index (χ2n) is 4.55. The van der Waals surface area contributed by atoms with Crippen molar-refractivity contribution < 1.29 is 18.3 Å². The molecule has 0 saturated carbocycles. The van der Waals surface area contributed by atoms with Crippen LogP contribution in [0.25, 0.3) is 11.1 Å². The molecule has 0 saturated heterocycles. The van der Waals surface area contributed by atoms with Crippen LogP contribution in [0, 0.1) is 18.6 Å². The fourth-order valence-electron chi connectivity index (χ4n) is 2.00. The molecule has 2 aromatic carbocycles. The van der Waals surface area contributed by atoms with Crippen LogP contribution >= 0.6 is 0 Å². The summed E-state index contributed by atoms with van der Waals surface area (Å²) >= 11 is 0. The molecular weight excluding hydrogens is 262 g/mol. The third-order valence-corrected chi connectivity index (χ3v) is 3.01. The molecule has 0 spiro atoms. The monoisotopic (exact) mass is 276 g/mol. The van der Waals surface area contributed by atoms with Crippen molar-refractivity contribution in [2.24, 2.45) is 0 Å². The van der Waals surface area contributed by atoms with Crippen LogP contribution in [-0.4, -0.2) is 13.1 Å². The summed E-state index contributed by atoms with van der Waals surface area (Å²) in [6.07, 6.45) is 0.135. The van der Waals surface area contributed by atoms with Gasteiger partial charge in [-0.25, -0.2) is 8.78 Å². The zero-order valence-electron chi connectivity index (χ0n) is 11.2. The first-order valence-corrected chi connectivity index (χ1v) is 6.13. The highest BCUT2D eigenvalue weighted by molar-refractivity contribution is 5.73. The molecule has 0 aliphatic carbocycles. The van der Waals surface area contributed by atoms with Gasteiger partial charge in [-0.05, 0) is 35.7 Å². The molecule has 0 fully saturated rings. The summed E-state index contributed by atoms with van der Waals surface area (Å²) in [5, 5.41) is 0. The SMILES string of the molecule is COC(=O)Cc1ccc(-c2c(F)cc(C)cc2F)cc1. The molecule has 0 aromatic heterocycles. The Balaban J connectivity index is 2.33. The van der Waals surface area contributed by atoms with Crippen molar-refractivity contribution in [1.82, 2.24) is 0 Å². The number of ether oxygens (including phenoxy) is 1. The highest BCUT2D eigenvalue weighted by atomic mass is 19.1. The normalized spacial score (nSPS) is 10.4. The number of aryl methyl sites for hydroxylation is 1. The smallest absolute Gasteiger partial charge is 0.309 e. The molecule has 0 aliphatic rings. The van der Waals surface area contributed by atoms with E-state index >= 15 is 0 Å². The zero-order chi connectivity index (χ0) is 14.7. The van der Waals surface area contributed by atoms with Crippen LogP contribution in [0.1, 0.15) is 11.1 Å². The van der Waals surface area contributed by atoms with E-state index in [1.54, 1.807) is 31.2 Å². The van der Waals surface area contributed by atoms with Crippen molar-refractivity contribution in [2.75, 3.05) is 7.11 Å². The number of hydrogen-bond donors (Lipinski definition) is 0. The van der Waals surface area contributed by atoms with Crippen molar-refractivity contribution in [1.29, 1.82) is 0 Å². The Morgan fingerprint density at radius 2 is 1.65 bits per heavy atom. The van der Waals surface area contributed by atoms with Gasteiger partial charge in [0, 0.05) is 0 Å². The molecule has 0 N–H and O–H groups in total. The maximum atomic E-state index is 13.8. The second-order valence-corrected chi connectivity index (χ2v) is 4.55. The molecule has 0 heterocycles. The van der Waals surface area contributed by atoms with Crippen molar-refractivity contribution in [3.63, 3.8) is 0 Å². The Kier molecular flexibility index (Phi) is 4.13. The first-order valence-electron chi connectivity index (χ1n) is 6.13. The first kappa shape index (κ1) is 14.2. The summed E-state index contributed by atoms with van der Waals surface area (Å²) in [5.74, 6) is -1.54. The summed E-state index contributed by atoms with van der Waals surface area (Å²) < 4.78 is 32.3. The minimum absolute atomic E-state index is 0.0554. The molecule has 4 heteroatoms. The van der Waals surface area contributed by atoms with Crippen LogP contribution in [0.2, 0.25) is 0 Å². The van der Waals surface area contributed by atoms with E-state index in [0.717, 1.165) is 5.56 Å². The van der Waals surface area contributed by atoms with Gasteiger partial charge in [-0.1, -0.05) is 24.3 Å². The van der Waals surface area contributed by atoms with Crippen molar-refractivity contribution in [2.45, 2.75) is 13.3 Å². The van der Waals surface area contributed by atoms with Crippen LogP contribution < -0.4 is 0 Å². The van der Waals surface area contributed by atoms with Gasteiger partial charge in [-0.2, -0.15) is 0 Å². The summed E-state index contributed by atoms with van der Waals surface area (Å²) in [6.45, 7) is 1.63. The molecule has 20 heavy (non-hydrogen) atoms. The lowest BCUT2D eigenvalue weighted by molar-refractivity contribution is -0.139. The predicted molar refractivity (Wildman–Crippen MR) is 72.3 cm³/mol. The molecule has 0 amide bonds. The van der Waals surface area contributed by atoms with Crippen LogP contribution in [-0.2, 0) is 16.0 Å². The van der Waals surface area contributed by atoms with E-state index in [1.807, 2.05) is 0 Å².